The SMILES string of the molecule is O[C@@H](C[C@@H]1c2ccccc2-c2cncn21)C12CC3CC(C1)C(Nc1nc4ccccc4s1)C(C3)C2.O[C@H](C[C@@H]1c2ccccc2-c2cncn21)C12CC3CC(C1)C(Nc1nc4ccccc4s1)C(C3)C2.O[C@H](C[C@H]1c2ccccc2-c2cncn21)C12CC3CC(C1)C(Nc1nc4ccccc4s1)C(C3)C2.O[C@H](C[C@H]1c2ccccc2-c2cncn21)C12CC3CC(C1)C(Nc1nc4ccccc4s1)C(C3)C2. The number of hydrogen-bond acceptors (Lipinski definition) is 20. The minimum atomic E-state index is -0.287. The lowest BCUT2D eigenvalue weighted by atomic mass is 9.46. The Labute approximate surface area is 831 Å². The summed E-state index contributed by atoms with van der Waals surface area (Å²) in [5, 5.41) is 67.2. The summed E-state index contributed by atoms with van der Waals surface area (Å²) in [6.45, 7) is 0. The first-order chi connectivity index (χ1) is 68.7. The van der Waals surface area contributed by atoms with Crippen molar-refractivity contribution in [2.45, 2.75) is 227 Å². The lowest BCUT2D eigenvalue weighted by Gasteiger charge is -2.61. The number of nitrogens with zero attached hydrogens (tertiary/aromatic N) is 12. The Morgan fingerprint density at radius 2 is 0.464 bits per heavy atom. The molecule has 20 nitrogen and oxygen atoms in total. The third-order valence-electron chi connectivity index (χ3n) is 38.6. The lowest BCUT2D eigenvalue weighted by Crippen LogP contribution is -2.59. The number of nitrogens with one attached hydrogen (secondary N) is 4. The van der Waals surface area contributed by atoms with E-state index < -0.39 is 0 Å². The third-order valence-corrected chi connectivity index (χ3v) is 42.5. The van der Waals surface area contributed by atoms with Gasteiger partial charge in [-0.15, -0.1) is 0 Å². The number of fused-ring (bicyclic) bond motifs is 16. The Balaban J connectivity index is 0.0000000896. The van der Waals surface area contributed by atoms with Crippen LogP contribution in [0.2, 0.25) is 0 Å². The van der Waals surface area contributed by atoms with Crippen molar-refractivity contribution in [3.63, 3.8) is 0 Å². The summed E-state index contributed by atoms with van der Waals surface area (Å²) in [7, 11) is 0. The van der Waals surface area contributed by atoms with Crippen LogP contribution >= 0.6 is 45.3 Å². The molecule has 12 heterocycles. The Morgan fingerprint density at radius 1 is 0.264 bits per heavy atom. The molecule has 4 aliphatic heterocycles. The second-order valence-corrected chi connectivity index (χ2v) is 50.2. The molecule has 8 aromatic carbocycles. The molecule has 0 spiro atoms. The van der Waals surface area contributed by atoms with Gasteiger partial charge in [0.2, 0.25) is 0 Å². The first kappa shape index (κ1) is 85.9. The van der Waals surface area contributed by atoms with Crippen LogP contribution in [0.25, 0.3) is 85.9 Å². The predicted octanol–water partition coefficient (Wildman–Crippen LogP) is 24.5. The minimum Gasteiger partial charge on any atom is -0.392 e. The van der Waals surface area contributed by atoms with Gasteiger partial charge in [0, 0.05) is 46.4 Å². The number of aliphatic hydroxyl groups excluding tert-OH is 4. The van der Waals surface area contributed by atoms with Crippen molar-refractivity contribution in [1.29, 1.82) is 0 Å². The van der Waals surface area contributed by atoms with E-state index >= 15 is 0 Å². The van der Waals surface area contributed by atoms with Crippen molar-refractivity contribution >= 4 is 107 Å². The Hall–Kier alpha value is -10.8. The van der Waals surface area contributed by atoms with E-state index in [1.165, 1.54) is 163 Å². The van der Waals surface area contributed by atoms with Crippen molar-refractivity contribution in [2.24, 2.45) is 92.7 Å². The normalized spacial score (nSPS) is 33.1. The van der Waals surface area contributed by atoms with Crippen LogP contribution < -0.4 is 21.3 Å². The van der Waals surface area contributed by atoms with Gasteiger partial charge < -0.3 is 60.0 Å². The number of imidazole rings is 4. The van der Waals surface area contributed by atoms with Crippen LogP contribution in [0.3, 0.4) is 0 Å². The maximum absolute atomic E-state index is 11.9. The zero-order valence-corrected chi connectivity index (χ0v) is 82.0. The Bertz CT molecular complexity index is 6370. The molecule has 20 aliphatic rings. The first-order valence-corrected chi connectivity index (χ1v) is 55.6. The van der Waals surface area contributed by atoms with Gasteiger partial charge in [0.15, 0.2) is 20.5 Å². The van der Waals surface area contributed by atoms with E-state index in [0.29, 0.717) is 71.5 Å². The molecule has 0 radical (unpaired) electrons. The smallest absolute Gasteiger partial charge is 0.184 e. The van der Waals surface area contributed by atoms with E-state index in [1.807, 2.05) is 50.1 Å². The van der Waals surface area contributed by atoms with Crippen LogP contribution in [0, 0.1) is 92.7 Å². The predicted molar refractivity (Wildman–Crippen MR) is 558 cm³/mol. The van der Waals surface area contributed by atoms with Gasteiger partial charge in [-0.25, -0.2) is 39.9 Å². The summed E-state index contributed by atoms with van der Waals surface area (Å²) >= 11 is 7.10. The van der Waals surface area contributed by atoms with Gasteiger partial charge in [-0.2, -0.15) is 0 Å². The van der Waals surface area contributed by atoms with Gasteiger partial charge in [-0.1, -0.05) is 191 Å². The van der Waals surface area contributed by atoms with Crippen LogP contribution in [-0.4, -0.2) is 127 Å². The fourth-order valence-corrected chi connectivity index (χ4v) is 37.4. The van der Waals surface area contributed by atoms with Crippen LogP contribution in [0.4, 0.5) is 20.5 Å². The van der Waals surface area contributed by atoms with E-state index in [2.05, 4.69) is 254 Å². The second kappa shape index (κ2) is 33.4. The highest BCUT2D eigenvalue weighted by Crippen LogP contribution is 2.69. The number of aliphatic hydroxyl groups is 4. The number of anilines is 4. The quantitative estimate of drug-likeness (QED) is 0.0353. The number of hydrogen-bond donors (Lipinski definition) is 8. The van der Waals surface area contributed by atoms with Gasteiger partial charge in [0.1, 0.15) is 0 Å². The van der Waals surface area contributed by atoms with Crippen molar-refractivity contribution in [3.05, 3.63) is 266 Å². The molecular formula is C116H120N16O4S4. The van der Waals surface area contributed by atoms with Gasteiger partial charge in [-0.3, -0.25) is 0 Å². The summed E-state index contributed by atoms with van der Waals surface area (Å²) in [5.74, 6) is 8.06. The molecule has 36 rings (SSSR count). The summed E-state index contributed by atoms with van der Waals surface area (Å²) in [6.07, 6.45) is 41.9. The Kier molecular flexibility index (Phi) is 20.5. The van der Waals surface area contributed by atoms with E-state index in [9.17, 15) is 20.4 Å². The Morgan fingerprint density at radius 3 is 0.679 bits per heavy atom. The van der Waals surface area contributed by atoms with Crippen molar-refractivity contribution < 1.29 is 20.4 Å². The molecule has 16 bridgehead atoms. The maximum atomic E-state index is 11.9. The molecule has 140 heavy (non-hydrogen) atoms. The fourth-order valence-electron chi connectivity index (χ4n) is 33.8. The molecule has 8 aromatic heterocycles. The number of rotatable bonds is 20. The monoisotopic (exact) mass is 1930 g/mol. The third kappa shape index (κ3) is 14.2. The number of para-hydroxylation sites is 4. The minimum absolute atomic E-state index is 0.0561. The van der Waals surface area contributed by atoms with E-state index in [1.54, 1.807) is 45.3 Å². The zero-order chi connectivity index (χ0) is 92.6. The summed E-state index contributed by atoms with van der Waals surface area (Å²) in [6, 6.07) is 71.0. The highest BCUT2D eigenvalue weighted by Gasteiger charge is 2.64. The van der Waals surface area contributed by atoms with Crippen LogP contribution in [0.15, 0.2) is 244 Å². The molecule has 16 aromatic rings. The fraction of sp³-hybridized carbons (Fsp3) is 0.448. The molecule has 712 valence electrons. The molecule has 16 atom stereocenters. The number of benzene rings is 8. The van der Waals surface area contributed by atoms with E-state index in [0.717, 1.165) is 143 Å². The molecule has 0 saturated heterocycles. The highest BCUT2D eigenvalue weighted by atomic mass is 32.1. The van der Waals surface area contributed by atoms with Crippen molar-refractivity contribution in [1.82, 2.24) is 58.1 Å². The molecule has 0 amide bonds. The zero-order valence-electron chi connectivity index (χ0n) is 78.7. The molecule has 24 heteroatoms. The summed E-state index contributed by atoms with van der Waals surface area (Å²) in [5.41, 5.74) is 19.7. The summed E-state index contributed by atoms with van der Waals surface area (Å²) in [4.78, 5) is 37.2. The van der Waals surface area contributed by atoms with Crippen LogP contribution in [-0.2, 0) is 0 Å². The average Bonchev–Trinajstić information content (AvgIpc) is 1.30. The van der Waals surface area contributed by atoms with Gasteiger partial charge >= 0.3 is 0 Å². The molecule has 16 saturated carbocycles. The van der Waals surface area contributed by atoms with Gasteiger partial charge in [0.25, 0.3) is 0 Å². The molecule has 8 N–H and O–H groups in total. The highest BCUT2D eigenvalue weighted by molar-refractivity contribution is 7.23. The van der Waals surface area contributed by atoms with Crippen LogP contribution in [0.5, 0.6) is 0 Å². The van der Waals surface area contributed by atoms with Crippen molar-refractivity contribution in [2.75, 3.05) is 21.3 Å². The van der Waals surface area contributed by atoms with Gasteiger partial charge in [-0.05, 0) is 318 Å². The number of aromatic nitrogens is 12. The average molecular weight is 1930 g/mol. The molecule has 16 fully saturated rings. The van der Waals surface area contributed by atoms with E-state index in [-0.39, 0.29) is 70.2 Å². The largest absolute Gasteiger partial charge is 0.392 e. The first-order valence-electron chi connectivity index (χ1n) is 52.3. The lowest BCUT2D eigenvalue weighted by molar-refractivity contribution is -0.129. The second-order valence-electron chi connectivity index (χ2n) is 46.1. The van der Waals surface area contributed by atoms with E-state index in [4.69, 9.17) is 19.9 Å². The molecular weight excluding hydrogens is 1810 g/mol. The molecule has 16 aliphatic carbocycles. The maximum Gasteiger partial charge on any atom is 0.184 e. The standard InChI is InChI=1S/4C29H30N4OS/c4*34-26(11-23-20-5-1-2-6-21(20)24-15-30-16-33(23)24)29-12-17-9-18(13-29)27(19(10-17)14-29)32-28-31-22-7-3-4-8-25(22)35-28/h4*1-8,15-19,23,26-27,34H,9-14H2,(H,31,32)/t3*17?,18?,19?,23-,26+,27?,29?;17?,18?,19?,23-,26-,27?,29?/m1001/s1. The topological polar surface area (TPSA) is 252 Å². The molecule has 8 unspecified atom stereocenters. The summed E-state index contributed by atoms with van der Waals surface area (Å²) < 4.78 is 14.1. The van der Waals surface area contributed by atoms with Gasteiger partial charge in [0.05, 0.1) is 162 Å². The number of thiazole rings is 4. The van der Waals surface area contributed by atoms with Crippen LogP contribution in [0.1, 0.15) is 201 Å². The van der Waals surface area contributed by atoms with Crippen molar-refractivity contribution in [3.8, 4) is 45.0 Å².